The van der Waals surface area contributed by atoms with E-state index in [4.69, 9.17) is 4.74 Å². The van der Waals surface area contributed by atoms with Crippen LogP contribution < -0.4 is 5.32 Å². The number of morpholine rings is 1. The van der Waals surface area contributed by atoms with E-state index in [0.717, 1.165) is 24.8 Å². The molecule has 2 aromatic rings. The highest BCUT2D eigenvalue weighted by atomic mass is 19.1. The number of carbonyl (C=O) groups excluding carboxylic acids is 1. The van der Waals surface area contributed by atoms with Crippen LogP contribution in [0.3, 0.4) is 0 Å². The molecule has 8 heteroatoms. The Morgan fingerprint density at radius 2 is 2.12 bits per heavy atom. The zero-order chi connectivity index (χ0) is 17.6. The van der Waals surface area contributed by atoms with Crippen LogP contribution >= 0.6 is 0 Å². The van der Waals surface area contributed by atoms with Crippen LogP contribution in [-0.2, 0) is 4.74 Å². The summed E-state index contributed by atoms with van der Waals surface area (Å²) in [5, 5.41) is 2.68. The standard InChI is InChI=1S/C17H18F2N4O2/c18-13-8-14(19)16(21-10-13)17(24)22-11-15(12-2-1-3-20-9-12)23-4-6-25-7-5-23/h1-3,8-10,15H,4-7,11H2,(H,22,24). The predicted molar refractivity (Wildman–Crippen MR) is 85.9 cm³/mol. The SMILES string of the molecule is O=C(NCC(c1cccnc1)N1CCOCC1)c1ncc(F)cc1F. The van der Waals surface area contributed by atoms with Crippen LogP contribution in [0.25, 0.3) is 0 Å². The molecule has 0 bridgehead atoms. The topological polar surface area (TPSA) is 67.4 Å². The van der Waals surface area contributed by atoms with Gasteiger partial charge in [0, 0.05) is 38.1 Å². The molecule has 1 saturated heterocycles. The Labute approximate surface area is 143 Å². The molecule has 6 nitrogen and oxygen atoms in total. The van der Waals surface area contributed by atoms with Crippen molar-refractivity contribution in [2.75, 3.05) is 32.8 Å². The highest BCUT2D eigenvalue weighted by Crippen LogP contribution is 2.20. The van der Waals surface area contributed by atoms with Gasteiger partial charge in [0.15, 0.2) is 11.5 Å². The van der Waals surface area contributed by atoms with Crippen molar-refractivity contribution in [2.45, 2.75) is 6.04 Å². The van der Waals surface area contributed by atoms with E-state index in [1.807, 2.05) is 12.1 Å². The van der Waals surface area contributed by atoms with Gasteiger partial charge in [0.05, 0.1) is 25.5 Å². The minimum atomic E-state index is -0.984. The lowest BCUT2D eigenvalue weighted by Crippen LogP contribution is -2.44. The number of rotatable bonds is 5. The van der Waals surface area contributed by atoms with Gasteiger partial charge in [0.1, 0.15) is 5.82 Å². The fraction of sp³-hybridized carbons (Fsp3) is 0.353. The lowest BCUT2D eigenvalue weighted by atomic mass is 10.1. The monoisotopic (exact) mass is 348 g/mol. The summed E-state index contributed by atoms with van der Waals surface area (Å²) < 4.78 is 32.0. The summed E-state index contributed by atoms with van der Waals surface area (Å²) in [5.41, 5.74) is 0.519. The fourth-order valence-corrected chi connectivity index (χ4v) is 2.77. The Bertz CT molecular complexity index is 724. The number of aromatic nitrogens is 2. The number of hydrogen-bond donors (Lipinski definition) is 1. The van der Waals surface area contributed by atoms with E-state index in [0.29, 0.717) is 19.3 Å². The second kappa shape index (κ2) is 8.09. The molecule has 1 aliphatic rings. The first-order valence-corrected chi connectivity index (χ1v) is 7.96. The summed E-state index contributed by atoms with van der Waals surface area (Å²) in [6.45, 7) is 2.91. The Balaban J connectivity index is 1.72. The smallest absolute Gasteiger partial charge is 0.273 e. The Kier molecular flexibility index (Phi) is 5.62. The molecule has 0 radical (unpaired) electrons. The molecular weight excluding hydrogens is 330 g/mol. The van der Waals surface area contributed by atoms with Gasteiger partial charge in [-0.1, -0.05) is 6.07 Å². The van der Waals surface area contributed by atoms with Gasteiger partial charge in [-0.2, -0.15) is 0 Å². The molecule has 3 rings (SSSR count). The number of pyridine rings is 2. The number of hydrogen-bond acceptors (Lipinski definition) is 5. The molecule has 1 aliphatic heterocycles. The average Bonchev–Trinajstić information content (AvgIpc) is 2.63. The van der Waals surface area contributed by atoms with Crippen molar-refractivity contribution in [1.82, 2.24) is 20.2 Å². The molecular formula is C17H18F2N4O2. The van der Waals surface area contributed by atoms with Crippen molar-refractivity contribution in [3.05, 3.63) is 59.7 Å². The third kappa shape index (κ3) is 4.34. The van der Waals surface area contributed by atoms with Crippen LogP contribution in [0.4, 0.5) is 8.78 Å². The number of ether oxygens (including phenoxy) is 1. The van der Waals surface area contributed by atoms with Crippen LogP contribution in [0.2, 0.25) is 0 Å². The van der Waals surface area contributed by atoms with Gasteiger partial charge in [-0.15, -0.1) is 0 Å². The third-order valence-electron chi connectivity index (χ3n) is 4.03. The van der Waals surface area contributed by atoms with Crippen LogP contribution in [0.5, 0.6) is 0 Å². The molecule has 0 saturated carbocycles. The van der Waals surface area contributed by atoms with E-state index in [-0.39, 0.29) is 12.6 Å². The Morgan fingerprint density at radius 1 is 1.32 bits per heavy atom. The minimum absolute atomic E-state index is 0.120. The van der Waals surface area contributed by atoms with Crippen molar-refractivity contribution < 1.29 is 18.3 Å². The number of nitrogens with one attached hydrogen (secondary N) is 1. The second-order valence-corrected chi connectivity index (χ2v) is 5.64. The van der Waals surface area contributed by atoms with E-state index in [1.54, 1.807) is 12.4 Å². The van der Waals surface area contributed by atoms with Gasteiger partial charge in [-0.25, -0.2) is 13.8 Å². The summed E-state index contributed by atoms with van der Waals surface area (Å²) in [6, 6.07) is 4.27. The predicted octanol–water partition coefficient (Wildman–Crippen LogP) is 1.56. The maximum Gasteiger partial charge on any atom is 0.273 e. The molecule has 1 fully saturated rings. The van der Waals surface area contributed by atoms with Gasteiger partial charge >= 0.3 is 0 Å². The maximum absolute atomic E-state index is 13.7. The number of halogens is 2. The fourth-order valence-electron chi connectivity index (χ4n) is 2.77. The highest BCUT2D eigenvalue weighted by molar-refractivity contribution is 5.92. The van der Waals surface area contributed by atoms with Crippen molar-refractivity contribution in [1.29, 1.82) is 0 Å². The van der Waals surface area contributed by atoms with Crippen LogP contribution in [-0.4, -0.2) is 53.6 Å². The number of nitrogens with zero attached hydrogens (tertiary/aromatic N) is 3. The van der Waals surface area contributed by atoms with Gasteiger partial charge < -0.3 is 10.1 Å². The summed E-state index contributed by atoms with van der Waals surface area (Å²) >= 11 is 0. The average molecular weight is 348 g/mol. The van der Waals surface area contributed by atoms with Crippen molar-refractivity contribution in [3.63, 3.8) is 0 Å². The highest BCUT2D eigenvalue weighted by Gasteiger charge is 2.24. The molecule has 3 heterocycles. The minimum Gasteiger partial charge on any atom is -0.379 e. The molecule has 0 spiro atoms. The molecule has 0 aliphatic carbocycles. The summed E-state index contributed by atoms with van der Waals surface area (Å²) in [5.74, 6) is -2.49. The first kappa shape index (κ1) is 17.4. The molecule has 1 N–H and O–H groups in total. The van der Waals surface area contributed by atoms with Gasteiger partial charge in [0.2, 0.25) is 0 Å². The molecule has 25 heavy (non-hydrogen) atoms. The van der Waals surface area contributed by atoms with Gasteiger partial charge in [0.25, 0.3) is 5.91 Å². The molecule has 2 aromatic heterocycles. The van der Waals surface area contributed by atoms with Crippen LogP contribution in [0, 0.1) is 11.6 Å². The second-order valence-electron chi connectivity index (χ2n) is 5.64. The van der Waals surface area contributed by atoms with Gasteiger partial charge in [-0.05, 0) is 11.6 Å². The molecule has 132 valence electrons. The molecule has 1 amide bonds. The van der Waals surface area contributed by atoms with Crippen LogP contribution in [0.15, 0.2) is 36.8 Å². The number of carbonyl (C=O) groups is 1. The van der Waals surface area contributed by atoms with Gasteiger partial charge in [-0.3, -0.25) is 14.7 Å². The zero-order valence-electron chi connectivity index (χ0n) is 13.5. The van der Waals surface area contributed by atoms with Crippen molar-refractivity contribution in [3.8, 4) is 0 Å². The molecule has 1 atom stereocenters. The first-order valence-electron chi connectivity index (χ1n) is 7.96. The normalized spacial score (nSPS) is 16.4. The van der Waals surface area contributed by atoms with E-state index in [2.05, 4.69) is 20.2 Å². The summed E-state index contributed by atoms with van der Waals surface area (Å²) in [7, 11) is 0. The third-order valence-corrected chi connectivity index (χ3v) is 4.03. The van der Waals surface area contributed by atoms with E-state index < -0.39 is 23.2 Å². The first-order chi connectivity index (χ1) is 12.1. The van der Waals surface area contributed by atoms with E-state index in [1.165, 1.54) is 0 Å². The van der Waals surface area contributed by atoms with Crippen molar-refractivity contribution >= 4 is 5.91 Å². The summed E-state index contributed by atoms with van der Waals surface area (Å²) in [6.07, 6.45) is 4.23. The number of amides is 1. The maximum atomic E-state index is 13.7. The molecule has 0 aromatic carbocycles. The zero-order valence-corrected chi connectivity index (χ0v) is 13.5. The van der Waals surface area contributed by atoms with E-state index in [9.17, 15) is 13.6 Å². The Hall–Kier alpha value is -2.45. The summed E-state index contributed by atoms with van der Waals surface area (Å²) in [4.78, 5) is 22.0. The molecule has 1 unspecified atom stereocenters. The van der Waals surface area contributed by atoms with Crippen LogP contribution in [0.1, 0.15) is 22.1 Å². The van der Waals surface area contributed by atoms with E-state index >= 15 is 0 Å². The lowest BCUT2D eigenvalue weighted by Gasteiger charge is -2.34. The largest absolute Gasteiger partial charge is 0.379 e. The Morgan fingerprint density at radius 3 is 2.80 bits per heavy atom. The quantitative estimate of drug-likeness (QED) is 0.888. The lowest BCUT2D eigenvalue weighted by molar-refractivity contribution is 0.0161. The van der Waals surface area contributed by atoms with Crippen molar-refractivity contribution in [2.24, 2.45) is 0 Å².